The highest BCUT2D eigenvalue weighted by atomic mass is 16.4. The van der Waals surface area contributed by atoms with Crippen LogP contribution in [0.3, 0.4) is 0 Å². The third kappa shape index (κ3) is 16.9. The third-order valence-electron chi connectivity index (χ3n) is 9.30. The second kappa shape index (κ2) is 24.2. The van der Waals surface area contributed by atoms with Gasteiger partial charge in [0.1, 0.15) is 42.3 Å². The molecule has 0 unspecified atom stereocenters. The van der Waals surface area contributed by atoms with E-state index < -0.39 is 95.7 Å². The van der Waals surface area contributed by atoms with Crippen molar-refractivity contribution >= 4 is 47.3 Å². The molecule has 0 fully saturated rings. The summed E-state index contributed by atoms with van der Waals surface area (Å²) in [4.78, 5) is 105. The SMILES string of the molecule is CCC(=O)N[C@H](Cc1ccccc1)C(=O)N[C@H](CC(C)C)C(=O)N[C@@H](Cc1ccccc1)C(=O)N[C@@H](C(=O)N[C@H](C(=O)N[C@@H](C)C(=O)N[C@@H](C)C(=O)O)C(C)C)[C@@H](C)O. The first-order chi connectivity index (χ1) is 27.7. The highest BCUT2D eigenvalue weighted by Gasteiger charge is 2.36. The molecule has 0 bridgehead atoms. The summed E-state index contributed by atoms with van der Waals surface area (Å²) in [5, 5.41) is 37.8. The van der Waals surface area contributed by atoms with Crippen molar-refractivity contribution in [2.75, 3.05) is 0 Å². The van der Waals surface area contributed by atoms with Crippen molar-refractivity contribution in [3.63, 3.8) is 0 Å². The van der Waals surface area contributed by atoms with Crippen LogP contribution in [0.5, 0.6) is 0 Å². The summed E-state index contributed by atoms with van der Waals surface area (Å²) in [5.74, 6) is -6.89. The molecule has 7 amide bonds. The fourth-order valence-corrected chi connectivity index (χ4v) is 5.87. The Morgan fingerprint density at radius 3 is 1.39 bits per heavy atom. The minimum atomic E-state index is -1.61. The molecular formula is C42H61N7O10. The van der Waals surface area contributed by atoms with Crippen molar-refractivity contribution in [2.45, 2.75) is 129 Å². The molecule has 0 saturated heterocycles. The lowest BCUT2D eigenvalue weighted by molar-refractivity contribution is -0.141. The highest BCUT2D eigenvalue weighted by Crippen LogP contribution is 2.11. The molecule has 324 valence electrons. The van der Waals surface area contributed by atoms with Crippen LogP contribution in [0, 0.1) is 11.8 Å². The Labute approximate surface area is 345 Å². The molecule has 17 nitrogen and oxygen atoms in total. The van der Waals surface area contributed by atoms with Crippen molar-refractivity contribution in [1.82, 2.24) is 37.2 Å². The molecule has 0 aliphatic rings. The van der Waals surface area contributed by atoms with E-state index in [-0.39, 0.29) is 37.5 Å². The molecule has 0 heterocycles. The minimum absolute atomic E-state index is 0.0461. The molecule has 9 N–H and O–H groups in total. The Morgan fingerprint density at radius 1 is 0.508 bits per heavy atom. The van der Waals surface area contributed by atoms with Gasteiger partial charge in [-0.05, 0) is 50.2 Å². The number of aliphatic hydroxyl groups is 1. The molecule has 0 aromatic heterocycles. The number of hydrogen-bond donors (Lipinski definition) is 9. The summed E-state index contributed by atoms with van der Waals surface area (Å²) in [5.41, 5.74) is 1.43. The number of nitrogens with one attached hydrogen (secondary N) is 7. The van der Waals surface area contributed by atoms with Gasteiger partial charge in [0.05, 0.1) is 6.10 Å². The Balaban J connectivity index is 2.34. The van der Waals surface area contributed by atoms with Crippen molar-refractivity contribution in [2.24, 2.45) is 11.8 Å². The maximum absolute atomic E-state index is 14.0. The van der Waals surface area contributed by atoms with Crippen molar-refractivity contribution in [3.05, 3.63) is 71.8 Å². The number of carbonyl (C=O) groups excluding carboxylic acids is 7. The number of hydrogen-bond acceptors (Lipinski definition) is 9. The zero-order valence-corrected chi connectivity index (χ0v) is 35.0. The van der Waals surface area contributed by atoms with Crippen molar-refractivity contribution in [3.8, 4) is 0 Å². The Morgan fingerprint density at radius 2 is 0.932 bits per heavy atom. The maximum atomic E-state index is 14.0. The summed E-state index contributed by atoms with van der Waals surface area (Å²) in [6, 6.07) is 9.08. The molecule has 59 heavy (non-hydrogen) atoms. The van der Waals surface area contributed by atoms with E-state index in [1.54, 1.807) is 51.1 Å². The highest BCUT2D eigenvalue weighted by molar-refractivity contribution is 5.97. The zero-order valence-electron chi connectivity index (χ0n) is 35.0. The average molecular weight is 824 g/mol. The number of aliphatic carboxylic acids is 1. The van der Waals surface area contributed by atoms with Gasteiger partial charge >= 0.3 is 5.97 Å². The number of carboxylic acid groups (broad SMARTS) is 1. The van der Waals surface area contributed by atoms with Crippen molar-refractivity contribution in [1.29, 1.82) is 0 Å². The van der Waals surface area contributed by atoms with Crippen LogP contribution in [0.4, 0.5) is 0 Å². The van der Waals surface area contributed by atoms with Crippen molar-refractivity contribution < 1.29 is 48.6 Å². The number of carboxylic acids is 1. The second-order valence-corrected chi connectivity index (χ2v) is 15.4. The van der Waals surface area contributed by atoms with Gasteiger partial charge in [0.2, 0.25) is 41.4 Å². The quantitative estimate of drug-likeness (QED) is 0.0749. The first kappa shape index (κ1) is 49.3. The second-order valence-electron chi connectivity index (χ2n) is 15.4. The van der Waals surface area contributed by atoms with Gasteiger partial charge in [0.25, 0.3) is 0 Å². The van der Waals surface area contributed by atoms with Crippen LogP contribution in [0.1, 0.15) is 79.4 Å². The van der Waals surface area contributed by atoms with Gasteiger partial charge in [0, 0.05) is 19.3 Å². The first-order valence-electron chi connectivity index (χ1n) is 19.8. The molecular weight excluding hydrogens is 763 g/mol. The molecule has 17 heteroatoms. The van der Waals surface area contributed by atoms with Gasteiger partial charge in [-0.15, -0.1) is 0 Å². The maximum Gasteiger partial charge on any atom is 0.325 e. The minimum Gasteiger partial charge on any atom is -0.480 e. The smallest absolute Gasteiger partial charge is 0.325 e. The van der Waals surface area contributed by atoms with Gasteiger partial charge in [-0.25, -0.2) is 0 Å². The van der Waals surface area contributed by atoms with E-state index in [2.05, 4.69) is 37.2 Å². The standard InChI is InChI=1S/C42H61N7O10/c1-9-33(51)45-31(21-28-16-12-10-13-17-28)38(54)46-30(20-23(2)3)37(53)47-32(22-29-18-14-11-15-19-29)39(55)49-35(27(8)50)41(57)48-34(24(4)5)40(56)43-25(6)36(52)44-26(7)42(58)59/h10-19,23-27,30-32,34-35,50H,9,20-22H2,1-8H3,(H,43,56)(H,44,52)(H,45,51)(H,46,54)(H,47,53)(H,48,57)(H,49,55)(H,58,59)/t25-,26-,27+,30+,31+,32-,34-,35+/m0/s1. The molecule has 2 aromatic rings. The molecule has 0 aliphatic heterocycles. The van der Waals surface area contributed by atoms with E-state index in [4.69, 9.17) is 5.11 Å². The number of benzene rings is 2. The van der Waals surface area contributed by atoms with Crippen LogP contribution in [-0.4, -0.2) is 106 Å². The number of aliphatic hydroxyl groups excluding tert-OH is 1. The summed E-state index contributed by atoms with van der Waals surface area (Å²) in [6.07, 6.45) is -1.06. The van der Waals surface area contributed by atoms with Crippen LogP contribution < -0.4 is 37.2 Å². The largest absolute Gasteiger partial charge is 0.480 e. The Bertz CT molecular complexity index is 1740. The van der Waals surface area contributed by atoms with E-state index in [0.29, 0.717) is 5.56 Å². The fraction of sp³-hybridized carbons (Fsp3) is 0.524. The van der Waals surface area contributed by atoms with Gasteiger partial charge < -0.3 is 47.4 Å². The van der Waals surface area contributed by atoms with Gasteiger partial charge in [-0.3, -0.25) is 38.4 Å². The monoisotopic (exact) mass is 823 g/mol. The normalized spacial score (nSPS) is 15.2. The van der Waals surface area contributed by atoms with Gasteiger partial charge in [0.15, 0.2) is 0 Å². The number of rotatable bonds is 23. The summed E-state index contributed by atoms with van der Waals surface area (Å²) < 4.78 is 0. The fourth-order valence-electron chi connectivity index (χ4n) is 5.87. The zero-order chi connectivity index (χ0) is 44.4. The van der Waals surface area contributed by atoms with Crippen LogP contribution >= 0.6 is 0 Å². The molecule has 0 saturated carbocycles. The number of amides is 7. The lowest BCUT2D eigenvalue weighted by Crippen LogP contribution is -2.62. The topological polar surface area (TPSA) is 261 Å². The summed E-state index contributed by atoms with van der Waals surface area (Å²) in [7, 11) is 0. The Kier molecular flexibility index (Phi) is 20.2. The van der Waals surface area contributed by atoms with Crippen LogP contribution in [0.15, 0.2) is 60.7 Å². The van der Waals surface area contributed by atoms with Crippen LogP contribution in [0.25, 0.3) is 0 Å². The van der Waals surface area contributed by atoms with E-state index >= 15 is 0 Å². The predicted molar refractivity (Wildman–Crippen MR) is 219 cm³/mol. The molecule has 2 rings (SSSR count). The summed E-state index contributed by atoms with van der Waals surface area (Å²) in [6.45, 7) is 12.5. The summed E-state index contributed by atoms with van der Waals surface area (Å²) >= 11 is 0. The molecule has 0 spiro atoms. The lowest BCUT2D eigenvalue weighted by Gasteiger charge is -2.29. The van der Waals surface area contributed by atoms with Gasteiger partial charge in [-0.1, -0.05) is 95.3 Å². The van der Waals surface area contributed by atoms with E-state index in [9.17, 15) is 43.5 Å². The molecule has 0 aliphatic carbocycles. The first-order valence-corrected chi connectivity index (χ1v) is 19.8. The number of carbonyl (C=O) groups is 8. The molecule has 0 radical (unpaired) electrons. The van der Waals surface area contributed by atoms with E-state index in [0.717, 1.165) is 5.56 Å². The Hall–Kier alpha value is -5.84. The van der Waals surface area contributed by atoms with Crippen LogP contribution in [0.2, 0.25) is 0 Å². The lowest BCUT2D eigenvalue weighted by atomic mass is 9.99. The van der Waals surface area contributed by atoms with Crippen LogP contribution in [-0.2, 0) is 51.2 Å². The van der Waals surface area contributed by atoms with E-state index in [1.807, 2.05) is 44.2 Å². The van der Waals surface area contributed by atoms with E-state index in [1.165, 1.54) is 20.8 Å². The molecule has 2 aromatic carbocycles. The van der Waals surface area contributed by atoms with Gasteiger partial charge in [-0.2, -0.15) is 0 Å². The average Bonchev–Trinajstić information content (AvgIpc) is 3.17. The third-order valence-corrected chi connectivity index (χ3v) is 9.30. The molecule has 8 atom stereocenters. The predicted octanol–water partition coefficient (Wildman–Crippen LogP) is 0.483.